The first kappa shape index (κ1) is 24.7. The number of likely N-dealkylation sites (tertiary alicyclic amines) is 1. The minimum atomic E-state index is -1.19. The Hall–Kier alpha value is -2.42. The standard InChI is InChI=1S/C25H31ClN2O6/c1-3-13-27(17-9-7-16(26)8-10-17)22(31)20-25-12-11-24(2,34-25)19(23(32)33)18(25)21(30)28(20)14-5-4-6-15-29/h3,7-10,18-20,29H,1,4-6,11-15H2,2H3,(H,32,33)/t18-,19-,20?,24+,25?/m0/s1. The maximum Gasteiger partial charge on any atom is 0.310 e. The van der Waals surface area contributed by atoms with Gasteiger partial charge in [0, 0.05) is 30.4 Å². The zero-order valence-electron chi connectivity index (χ0n) is 19.3. The zero-order valence-corrected chi connectivity index (χ0v) is 20.0. The number of halogens is 1. The van der Waals surface area contributed by atoms with Gasteiger partial charge in [0.15, 0.2) is 0 Å². The Bertz CT molecular complexity index is 984. The van der Waals surface area contributed by atoms with Crippen molar-refractivity contribution in [3.63, 3.8) is 0 Å². The van der Waals surface area contributed by atoms with Crippen LogP contribution in [0.25, 0.3) is 0 Å². The Labute approximate surface area is 204 Å². The summed E-state index contributed by atoms with van der Waals surface area (Å²) in [6, 6.07) is 5.89. The summed E-state index contributed by atoms with van der Waals surface area (Å²) in [7, 11) is 0. The molecule has 1 aromatic carbocycles. The van der Waals surface area contributed by atoms with Crippen LogP contribution in [-0.4, -0.2) is 69.8 Å². The molecule has 0 aliphatic carbocycles. The zero-order chi connectivity index (χ0) is 24.7. The second kappa shape index (κ2) is 9.32. The maximum atomic E-state index is 14.2. The van der Waals surface area contributed by atoms with Crippen LogP contribution in [0.2, 0.25) is 5.02 Å². The quantitative estimate of drug-likeness (QED) is 0.386. The molecule has 3 aliphatic heterocycles. The molecule has 0 saturated carbocycles. The largest absolute Gasteiger partial charge is 0.481 e. The number of rotatable bonds is 10. The van der Waals surface area contributed by atoms with E-state index < -0.39 is 35.0 Å². The number of aliphatic carboxylic acids is 1. The van der Waals surface area contributed by atoms with Gasteiger partial charge in [0.2, 0.25) is 5.91 Å². The topological polar surface area (TPSA) is 107 Å². The molecule has 2 amide bonds. The predicted molar refractivity (Wildman–Crippen MR) is 127 cm³/mol. The smallest absolute Gasteiger partial charge is 0.310 e. The number of aliphatic hydroxyl groups excluding tert-OH is 1. The number of nitrogens with zero attached hydrogens (tertiary/aromatic N) is 2. The van der Waals surface area contributed by atoms with Gasteiger partial charge in [0.05, 0.1) is 17.4 Å². The van der Waals surface area contributed by atoms with Crippen LogP contribution in [0.1, 0.15) is 39.0 Å². The van der Waals surface area contributed by atoms with Crippen LogP contribution in [0.3, 0.4) is 0 Å². The summed E-state index contributed by atoms with van der Waals surface area (Å²) in [6.45, 7) is 6.08. The van der Waals surface area contributed by atoms with Gasteiger partial charge in [-0.15, -0.1) is 6.58 Å². The first-order valence-electron chi connectivity index (χ1n) is 11.7. The van der Waals surface area contributed by atoms with Crippen molar-refractivity contribution in [2.45, 2.75) is 56.3 Å². The van der Waals surface area contributed by atoms with Crippen LogP contribution < -0.4 is 4.90 Å². The van der Waals surface area contributed by atoms with Gasteiger partial charge < -0.3 is 24.7 Å². The minimum absolute atomic E-state index is 0.0507. The second-order valence-corrected chi connectivity index (χ2v) is 10.0. The number of benzene rings is 1. The number of unbranched alkanes of at least 4 members (excludes halogenated alkanes) is 2. The summed E-state index contributed by atoms with van der Waals surface area (Å²) in [6.07, 6.45) is 4.39. The lowest BCUT2D eigenvalue weighted by Gasteiger charge is -2.36. The van der Waals surface area contributed by atoms with Gasteiger partial charge in [-0.2, -0.15) is 0 Å². The Morgan fingerprint density at radius 3 is 2.59 bits per heavy atom. The van der Waals surface area contributed by atoms with Crippen molar-refractivity contribution in [3.8, 4) is 0 Å². The van der Waals surface area contributed by atoms with E-state index in [4.69, 9.17) is 21.4 Å². The van der Waals surface area contributed by atoms with Crippen molar-refractivity contribution in [2.75, 3.05) is 24.6 Å². The van der Waals surface area contributed by atoms with E-state index >= 15 is 0 Å². The lowest BCUT2D eigenvalue weighted by Crippen LogP contribution is -2.56. The molecule has 2 unspecified atom stereocenters. The number of carboxylic acid groups (broad SMARTS) is 1. The average molecular weight is 491 g/mol. The molecule has 34 heavy (non-hydrogen) atoms. The molecular weight excluding hydrogens is 460 g/mol. The fourth-order valence-electron chi connectivity index (χ4n) is 6.11. The normalized spacial score (nSPS) is 31.6. The van der Waals surface area contributed by atoms with Crippen LogP contribution >= 0.6 is 11.6 Å². The Morgan fingerprint density at radius 1 is 1.26 bits per heavy atom. The maximum absolute atomic E-state index is 14.2. The van der Waals surface area contributed by atoms with E-state index in [1.807, 2.05) is 0 Å². The number of aliphatic hydroxyl groups is 1. The summed E-state index contributed by atoms with van der Waals surface area (Å²) in [5.41, 5.74) is -1.57. The van der Waals surface area contributed by atoms with E-state index in [2.05, 4.69) is 6.58 Å². The van der Waals surface area contributed by atoms with E-state index in [1.165, 1.54) is 4.90 Å². The summed E-state index contributed by atoms with van der Waals surface area (Å²) in [4.78, 5) is 43.2. The molecule has 2 bridgehead atoms. The van der Waals surface area contributed by atoms with Crippen molar-refractivity contribution in [2.24, 2.45) is 11.8 Å². The van der Waals surface area contributed by atoms with E-state index in [-0.39, 0.29) is 25.0 Å². The van der Waals surface area contributed by atoms with E-state index in [0.29, 0.717) is 49.4 Å². The van der Waals surface area contributed by atoms with E-state index in [1.54, 1.807) is 42.2 Å². The molecule has 3 aliphatic rings. The summed E-state index contributed by atoms with van der Waals surface area (Å²) < 4.78 is 6.41. The monoisotopic (exact) mass is 490 g/mol. The Kier molecular flexibility index (Phi) is 6.77. The van der Waals surface area contributed by atoms with Gasteiger partial charge in [0.25, 0.3) is 5.91 Å². The molecule has 1 spiro atoms. The number of carbonyl (C=O) groups is 3. The van der Waals surface area contributed by atoms with E-state index in [0.717, 1.165) is 0 Å². The van der Waals surface area contributed by atoms with Gasteiger partial charge in [-0.1, -0.05) is 17.7 Å². The SMILES string of the molecule is C=CCN(C(=O)C1N(CCCCCO)C(=O)[C@@H]2[C@@H](C(=O)O)[C@@]3(C)CCC12O3)c1ccc(Cl)cc1. The highest BCUT2D eigenvalue weighted by atomic mass is 35.5. The summed E-state index contributed by atoms with van der Waals surface area (Å²) in [5.74, 6) is -3.65. The highest BCUT2D eigenvalue weighted by Gasteiger charge is 2.78. The van der Waals surface area contributed by atoms with Gasteiger partial charge >= 0.3 is 5.97 Å². The molecular formula is C25H31ClN2O6. The molecule has 2 N–H and O–H groups in total. The molecule has 3 heterocycles. The third-order valence-corrected chi connectivity index (χ3v) is 7.80. The molecule has 4 rings (SSSR count). The van der Waals surface area contributed by atoms with Crippen LogP contribution in [0.5, 0.6) is 0 Å². The fourth-order valence-corrected chi connectivity index (χ4v) is 6.24. The van der Waals surface area contributed by atoms with Crippen LogP contribution in [0, 0.1) is 11.8 Å². The highest BCUT2D eigenvalue weighted by Crippen LogP contribution is 2.63. The predicted octanol–water partition coefficient (Wildman–Crippen LogP) is 2.87. The van der Waals surface area contributed by atoms with Gasteiger partial charge in [-0.3, -0.25) is 14.4 Å². The van der Waals surface area contributed by atoms with E-state index in [9.17, 15) is 19.5 Å². The van der Waals surface area contributed by atoms with Crippen molar-refractivity contribution in [3.05, 3.63) is 41.9 Å². The molecule has 1 aromatic rings. The van der Waals surface area contributed by atoms with Gasteiger partial charge in [-0.25, -0.2) is 0 Å². The third-order valence-electron chi connectivity index (χ3n) is 7.55. The summed E-state index contributed by atoms with van der Waals surface area (Å²) in [5, 5.41) is 19.7. The van der Waals surface area contributed by atoms with Crippen LogP contribution in [-0.2, 0) is 19.1 Å². The lowest BCUT2D eigenvalue weighted by atomic mass is 9.66. The number of carbonyl (C=O) groups excluding carboxylic acids is 2. The first-order valence-corrected chi connectivity index (χ1v) is 12.1. The van der Waals surface area contributed by atoms with Gasteiger partial charge in [-0.05, 0) is 63.3 Å². The number of carboxylic acids is 1. The molecule has 0 radical (unpaired) electrons. The Morgan fingerprint density at radius 2 is 1.97 bits per heavy atom. The minimum Gasteiger partial charge on any atom is -0.481 e. The molecule has 3 fully saturated rings. The van der Waals surface area contributed by atoms with Crippen molar-refractivity contribution in [1.29, 1.82) is 0 Å². The second-order valence-electron chi connectivity index (χ2n) is 9.60. The van der Waals surface area contributed by atoms with Crippen molar-refractivity contribution < 1.29 is 29.3 Å². The van der Waals surface area contributed by atoms with Gasteiger partial charge in [0.1, 0.15) is 11.6 Å². The number of anilines is 1. The first-order chi connectivity index (χ1) is 16.2. The third kappa shape index (κ3) is 3.82. The molecule has 0 aromatic heterocycles. The summed E-state index contributed by atoms with van der Waals surface area (Å²) >= 11 is 6.04. The van der Waals surface area contributed by atoms with Crippen LogP contribution in [0.15, 0.2) is 36.9 Å². The molecule has 184 valence electrons. The number of hydrogen-bond donors (Lipinski definition) is 2. The van der Waals surface area contributed by atoms with Crippen molar-refractivity contribution >= 4 is 35.1 Å². The number of hydrogen-bond acceptors (Lipinski definition) is 5. The lowest BCUT2D eigenvalue weighted by molar-refractivity contribution is -0.154. The fraction of sp³-hybridized carbons (Fsp3) is 0.560. The van der Waals surface area contributed by atoms with Crippen molar-refractivity contribution in [1.82, 2.24) is 4.90 Å². The molecule has 3 saturated heterocycles. The number of amides is 2. The molecule has 9 heteroatoms. The highest BCUT2D eigenvalue weighted by molar-refractivity contribution is 6.30. The Balaban J connectivity index is 1.75. The molecule has 5 atom stereocenters. The number of fused-ring (bicyclic) bond motifs is 1. The average Bonchev–Trinajstić information content (AvgIpc) is 3.36. The number of ether oxygens (including phenoxy) is 1. The van der Waals surface area contributed by atoms with Crippen LogP contribution in [0.4, 0.5) is 5.69 Å². The molecule has 8 nitrogen and oxygen atoms in total.